The van der Waals surface area contributed by atoms with Crippen LogP contribution in [0.5, 0.6) is 17.2 Å². The molecule has 0 unspecified atom stereocenters. The number of nitrogens with zero attached hydrogens (tertiary/aromatic N) is 1. The van der Waals surface area contributed by atoms with E-state index in [1.165, 1.54) is 57.8 Å². The van der Waals surface area contributed by atoms with Gasteiger partial charge in [-0.15, -0.1) is 0 Å². The molecule has 3 N–H and O–H groups in total. The maximum Gasteiger partial charge on any atom is 0.119 e. The van der Waals surface area contributed by atoms with Gasteiger partial charge in [-0.25, -0.2) is 0 Å². The van der Waals surface area contributed by atoms with E-state index in [0.717, 1.165) is 108 Å². The van der Waals surface area contributed by atoms with E-state index in [0.29, 0.717) is 0 Å². The Balaban J connectivity index is 1.13. The van der Waals surface area contributed by atoms with Gasteiger partial charge in [0.2, 0.25) is 0 Å². The molecular weight excluding hydrogens is 753 g/mol. The van der Waals surface area contributed by atoms with Crippen molar-refractivity contribution in [3.05, 3.63) is 146 Å². The fraction of sp³-hybridized carbons (Fsp3) is 0.333. The molecule has 0 saturated carbocycles. The average molecular weight is 819 g/mol. The van der Waals surface area contributed by atoms with Crippen molar-refractivity contribution < 1.29 is 14.2 Å². The van der Waals surface area contributed by atoms with E-state index in [1.54, 1.807) is 0 Å². The lowest BCUT2D eigenvalue weighted by molar-refractivity contribution is 0.305. The summed E-state index contributed by atoms with van der Waals surface area (Å²) in [4.78, 5) is 2.28. The zero-order chi connectivity index (χ0) is 42.3. The number of hydrogen-bond acceptors (Lipinski definition) is 7. The fourth-order valence-corrected chi connectivity index (χ4v) is 7.09. The van der Waals surface area contributed by atoms with Crippen LogP contribution in [0.4, 0.5) is 51.2 Å². The van der Waals surface area contributed by atoms with Gasteiger partial charge in [-0.1, -0.05) is 78.6 Å². The Bertz CT molecular complexity index is 1840. The van der Waals surface area contributed by atoms with Crippen LogP contribution < -0.4 is 35.1 Å². The van der Waals surface area contributed by atoms with Crippen LogP contribution in [0.1, 0.15) is 97.8 Å². The SMILES string of the molecule is CCCCCCOc1ccc(Nc2ccc(N(c3ccc(Nc4ccc(OCCCCCC)cc4)cc3)c3ccc(Nc4ccc(OCCCCCC)cc4)cc3)cc2)cc1. The van der Waals surface area contributed by atoms with Gasteiger partial charge in [-0.05, 0) is 165 Å². The van der Waals surface area contributed by atoms with Crippen LogP contribution in [-0.4, -0.2) is 19.8 Å². The van der Waals surface area contributed by atoms with Crippen LogP contribution in [-0.2, 0) is 0 Å². The lowest BCUT2D eigenvalue weighted by Crippen LogP contribution is -2.10. The molecule has 0 saturated heterocycles. The van der Waals surface area contributed by atoms with Crippen molar-refractivity contribution in [1.29, 1.82) is 0 Å². The second kappa shape index (κ2) is 24.9. The zero-order valence-electron chi connectivity index (χ0n) is 36.6. The molecular formula is C54H66N4O3. The average Bonchev–Trinajstić information content (AvgIpc) is 3.29. The van der Waals surface area contributed by atoms with E-state index in [1.807, 2.05) is 36.4 Å². The molecule has 0 spiro atoms. The minimum absolute atomic E-state index is 0.759. The van der Waals surface area contributed by atoms with Gasteiger partial charge in [0.05, 0.1) is 19.8 Å². The van der Waals surface area contributed by atoms with Gasteiger partial charge < -0.3 is 35.1 Å². The van der Waals surface area contributed by atoms with Crippen LogP contribution in [0.25, 0.3) is 0 Å². The van der Waals surface area contributed by atoms with E-state index in [4.69, 9.17) is 14.2 Å². The Morgan fingerprint density at radius 1 is 0.295 bits per heavy atom. The molecule has 0 bridgehead atoms. The Kier molecular flexibility index (Phi) is 18.1. The van der Waals surface area contributed by atoms with E-state index < -0.39 is 0 Å². The van der Waals surface area contributed by atoms with E-state index in [9.17, 15) is 0 Å². The van der Waals surface area contributed by atoms with Crippen LogP contribution in [0.15, 0.2) is 146 Å². The first-order valence-electron chi connectivity index (χ1n) is 22.7. The number of benzene rings is 6. The molecule has 0 fully saturated rings. The predicted molar refractivity (Wildman–Crippen MR) is 259 cm³/mol. The first kappa shape index (κ1) is 44.5. The van der Waals surface area contributed by atoms with Gasteiger partial charge in [0, 0.05) is 51.2 Å². The highest BCUT2D eigenvalue weighted by atomic mass is 16.5. The van der Waals surface area contributed by atoms with Crippen LogP contribution in [0, 0.1) is 0 Å². The van der Waals surface area contributed by atoms with Crippen molar-refractivity contribution in [2.45, 2.75) is 97.8 Å². The zero-order valence-corrected chi connectivity index (χ0v) is 36.6. The summed E-state index contributed by atoms with van der Waals surface area (Å²) in [6, 6.07) is 50.4. The maximum atomic E-state index is 5.96. The molecule has 0 atom stereocenters. The Morgan fingerprint density at radius 3 is 0.754 bits per heavy atom. The van der Waals surface area contributed by atoms with Crippen molar-refractivity contribution in [2.75, 3.05) is 40.7 Å². The molecule has 6 rings (SSSR count). The van der Waals surface area contributed by atoms with Crippen molar-refractivity contribution in [3.63, 3.8) is 0 Å². The molecule has 6 aromatic rings. The Labute approximate surface area is 365 Å². The van der Waals surface area contributed by atoms with Gasteiger partial charge in [0.15, 0.2) is 0 Å². The monoisotopic (exact) mass is 819 g/mol. The van der Waals surface area contributed by atoms with Crippen LogP contribution >= 0.6 is 0 Å². The summed E-state index contributed by atoms with van der Waals surface area (Å²) >= 11 is 0. The van der Waals surface area contributed by atoms with Crippen LogP contribution in [0.2, 0.25) is 0 Å². The summed E-state index contributed by atoms with van der Waals surface area (Å²) in [7, 11) is 0. The third-order valence-electron chi connectivity index (χ3n) is 10.6. The standard InChI is InChI=1S/C54H66N4O3/c1-4-7-10-13-40-59-52-34-22-46(23-35-52)55-43-16-28-49(29-17-43)58(50-30-18-44(19-31-50)56-47-24-36-53(37-25-47)60-41-14-11-8-5-2)51-32-20-45(21-33-51)57-48-26-38-54(39-27-48)61-42-15-12-9-6-3/h16-39,55-57H,4-15,40-42H2,1-3H3. The van der Waals surface area contributed by atoms with Crippen molar-refractivity contribution >= 4 is 51.2 Å². The maximum absolute atomic E-state index is 5.96. The summed E-state index contributed by atoms with van der Waals surface area (Å²) in [5, 5.41) is 10.7. The molecule has 320 valence electrons. The normalized spacial score (nSPS) is 10.9. The first-order chi connectivity index (χ1) is 30.1. The summed E-state index contributed by atoms with van der Waals surface area (Å²) in [6.07, 6.45) is 14.4. The molecule has 0 heterocycles. The van der Waals surface area contributed by atoms with Crippen molar-refractivity contribution in [2.24, 2.45) is 0 Å². The fourth-order valence-electron chi connectivity index (χ4n) is 7.09. The minimum Gasteiger partial charge on any atom is -0.494 e. The third-order valence-corrected chi connectivity index (χ3v) is 10.6. The van der Waals surface area contributed by atoms with E-state index >= 15 is 0 Å². The third kappa shape index (κ3) is 14.9. The number of anilines is 9. The van der Waals surface area contributed by atoms with E-state index in [2.05, 4.69) is 151 Å². The van der Waals surface area contributed by atoms with Gasteiger partial charge in [-0.2, -0.15) is 0 Å². The molecule has 6 aromatic carbocycles. The van der Waals surface area contributed by atoms with Crippen molar-refractivity contribution in [3.8, 4) is 17.2 Å². The van der Waals surface area contributed by atoms with Crippen LogP contribution in [0.3, 0.4) is 0 Å². The molecule has 0 aliphatic carbocycles. The Hall–Kier alpha value is -6.08. The summed E-state index contributed by atoms with van der Waals surface area (Å²) < 4.78 is 17.9. The first-order valence-corrected chi connectivity index (χ1v) is 22.7. The van der Waals surface area contributed by atoms with Gasteiger partial charge in [-0.3, -0.25) is 0 Å². The van der Waals surface area contributed by atoms with Gasteiger partial charge in [0.25, 0.3) is 0 Å². The number of rotatable bonds is 27. The molecule has 0 aliphatic heterocycles. The molecule has 61 heavy (non-hydrogen) atoms. The quantitative estimate of drug-likeness (QED) is 0.0447. The van der Waals surface area contributed by atoms with Gasteiger partial charge in [0.1, 0.15) is 17.2 Å². The largest absolute Gasteiger partial charge is 0.494 e. The highest BCUT2D eigenvalue weighted by Crippen LogP contribution is 2.37. The lowest BCUT2D eigenvalue weighted by atomic mass is 10.1. The topological polar surface area (TPSA) is 67.0 Å². The second-order valence-electron chi connectivity index (χ2n) is 15.7. The molecule has 7 heteroatoms. The smallest absolute Gasteiger partial charge is 0.119 e. The highest BCUT2D eigenvalue weighted by molar-refractivity contribution is 5.80. The summed E-state index contributed by atoms with van der Waals surface area (Å²) in [5.41, 5.74) is 9.23. The van der Waals surface area contributed by atoms with Crippen molar-refractivity contribution in [1.82, 2.24) is 0 Å². The summed E-state index contributed by atoms with van der Waals surface area (Å²) in [5.74, 6) is 2.72. The summed E-state index contributed by atoms with van der Waals surface area (Å²) in [6.45, 7) is 8.96. The lowest BCUT2D eigenvalue weighted by Gasteiger charge is -2.26. The minimum atomic E-state index is 0.759. The molecule has 0 aromatic heterocycles. The molecule has 0 amide bonds. The number of ether oxygens (including phenoxy) is 3. The Morgan fingerprint density at radius 2 is 0.525 bits per heavy atom. The number of unbranched alkanes of at least 4 members (excludes halogenated alkanes) is 9. The molecule has 7 nitrogen and oxygen atoms in total. The predicted octanol–water partition coefficient (Wildman–Crippen LogP) is 16.3. The highest BCUT2D eigenvalue weighted by Gasteiger charge is 2.14. The molecule has 0 radical (unpaired) electrons. The van der Waals surface area contributed by atoms with E-state index in [-0.39, 0.29) is 0 Å². The van der Waals surface area contributed by atoms with Gasteiger partial charge >= 0.3 is 0 Å². The number of nitrogens with one attached hydrogen (secondary N) is 3. The number of hydrogen-bond donors (Lipinski definition) is 3. The second-order valence-corrected chi connectivity index (χ2v) is 15.7. The molecule has 0 aliphatic rings.